The number of benzene rings is 3. The Morgan fingerprint density at radius 3 is 2.69 bits per heavy atom. The summed E-state index contributed by atoms with van der Waals surface area (Å²) in [5.74, 6) is -0.104. The van der Waals surface area contributed by atoms with Crippen molar-refractivity contribution in [1.82, 2.24) is 25.1 Å². The molecule has 2 N–H and O–H groups in total. The van der Waals surface area contributed by atoms with E-state index in [4.69, 9.17) is 0 Å². The molecule has 0 spiro atoms. The molecule has 0 aliphatic carbocycles. The molecule has 1 amide bonds. The van der Waals surface area contributed by atoms with Crippen LogP contribution in [0.3, 0.4) is 0 Å². The number of aromatic amines is 1. The molecule has 7 heteroatoms. The summed E-state index contributed by atoms with van der Waals surface area (Å²) < 4.78 is 1.70. The molecule has 5 aromatic rings. The first kappa shape index (κ1) is 19.7. The summed E-state index contributed by atoms with van der Waals surface area (Å²) in [6, 6.07) is 22.8. The third kappa shape index (κ3) is 3.88. The number of nitrogens with zero attached hydrogens (tertiary/aromatic N) is 3. The van der Waals surface area contributed by atoms with Crippen molar-refractivity contribution in [1.29, 1.82) is 0 Å². The van der Waals surface area contributed by atoms with Crippen LogP contribution in [-0.2, 0) is 11.3 Å². The number of carbonyl (C=O) groups excluding carboxylic acids is 1. The first-order valence-electron chi connectivity index (χ1n) is 10.4. The van der Waals surface area contributed by atoms with E-state index in [9.17, 15) is 9.59 Å². The predicted octanol–water partition coefficient (Wildman–Crippen LogP) is 3.57. The third-order valence-electron chi connectivity index (χ3n) is 5.53. The van der Waals surface area contributed by atoms with E-state index >= 15 is 0 Å². The highest BCUT2D eigenvalue weighted by Gasteiger charge is 2.18. The monoisotopic (exact) mass is 423 g/mol. The summed E-state index contributed by atoms with van der Waals surface area (Å²) in [5, 5.41) is 7.97. The lowest BCUT2D eigenvalue weighted by Gasteiger charge is -2.20. The maximum atomic E-state index is 13.0. The Morgan fingerprint density at radius 2 is 1.81 bits per heavy atom. The van der Waals surface area contributed by atoms with Gasteiger partial charge < -0.3 is 10.3 Å². The molecule has 0 aliphatic heterocycles. The molecule has 2 aromatic heterocycles. The summed E-state index contributed by atoms with van der Waals surface area (Å²) in [6.07, 6.45) is 3.19. The van der Waals surface area contributed by atoms with Crippen LogP contribution in [0.2, 0.25) is 0 Å². The van der Waals surface area contributed by atoms with E-state index in [1.165, 1.54) is 6.20 Å². The molecule has 2 heterocycles. The van der Waals surface area contributed by atoms with Crippen molar-refractivity contribution in [3.63, 3.8) is 0 Å². The Hall–Kier alpha value is -4.26. The van der Waals surface area contributed by atoms with Gasteiger partial charge in [0.2, 0.25) is 11.3 Å². The Bertz CT molecular complexity index is 1460. The van der Waals surface area contributed by atoms with Crippen molar-refractivity contribution in [2.75, 3.05) is 0 Å². The van der Waals surface area contributed by atoms with Gasteiger partial charge in [-0.2, -0.15) is 5.10 Å². The van der Waals surface area contributed by atoms with Gasteiger partial charge in [0.1, 0.15) is 0 Å². The minimum atomic E-state index is -0.296. The van der Waals surface area contributed by atoms with Crippen molar-refractivity contribution >= 4 is 27.8 Å². The number of aryl methyl sites for hydroxylation is 1. The fraction of sp³-hybridized carbons (Fsp3) is 0.120. The van der Waals surface area contributed by atoms with Gasteiger partial charge in [-0.05, 0) is 35.4 Å². The molecular formula is C25H21N5O2. The summed E-state index contributed by atoms with van der Waals surface area (Å²) in [5.41, 5.74) is 4.35. The minimum Gasteiger partial charge on any atom is -0.345 e. The molecule has 0 saturated carbocycles. The first-order chi connectivity index (χ1) is 15.7. The third-order valence-corrected chi connectivity index (χ3v) is 5.53. The second-order valence-electron chi connectivity index (χ2n) is 7.59. The number of para-hydroxylation sites is 1. The van der Waals surface area contributed by atoms with E-state index in [1.54, 1.807) is 17.1 Å². The molecule has 32 heavy (non-hydrogen) atoms. The number of aromatic nitrogens is 4. The van der Waals surface area contributed by atoms with Gasteiger partial charge in [0.15, 0.2) is 0 Å². The van der Waals surface area contributed by atoms with Crippen molar-refractivity contribution in [2.24, 2.45) is 0 Å². The number of carbonyl (C=O) groups is 1. The first-order valence-corrected chi connectivity index (χ1v) is 10.4. The van der Waals surface area contributed by atoms with Crippen molar-refractivity contribution in [2.45, 2.75) is 19.0 Å². The number of rotatable bonds is 6. The van der Waals surface area contributed by atoms with Gasteiger partial charge in [0.05, 0.1) is 41.7 Å². The standard InChI is InChI=1S/C25H21N5O2/c31-23-15-28-30(22-9-5-4-8-19(22)23)13-12-24(32)29-25(17-6-2-1-3-7-17)18-10-11-20-21(14-18)27-16-26-20/h1-11,14-16,25H,12-13H2,(H,26,27)(H,29,32). The maximum absolute atomic E-state index is 13.0. The van der Waals surface area contributed by atoms with E-state index in [0.717, 1.165) is 27.7 Å². The van der Waals surface area contributed by atoms with Crippen LogP contribution in [0.15, 0.2) is 90.1 Å². The summed E-state index contributed by atoms with van der Waals surface area (Å²) in [6.45, 7) is 0.369. The maximum Gasteiger partial charge on any atom is 0.222 e. The molecule has 158 valence electrons. The average Bonchev–Trinajstić information content (AvgIpc) is 3.31. The zero-order valence-electron chi connectivity index (χ0n) is 17.2. The van der Waals surface area contributed by atoms with E-state index in [-0.39, 0.29) is 23.8 Å². The molecule has 0 fully saturated rings. The lowest BCUT2D eigenvalue weighted by Crippen LogP contribution is -2.30. The van der Waals surface area contributed by atoms with Crippen molar-refractivity contribution < 1.29 is 4.79 Å². The van der Waals surface area contributed by atoms with Crippen LogP contribution >= 0.6 is 0 Å². The van der Waals surface area contributed by atoms with E-state index in [1.807, 2.05) is 66.7 Å². The SMILES string of the molecule is O=C(CCn1ncc(=O)c2ccccc21)NC(c1ccccc1)c1ccc2nc[nH]c2c1. The molecule has 7 nitrogen and oxygen atoms in total. The number of amides is 1. The Balaban J connectivity index is 1.39. The quantitative estimate of drug-likeness (QED) is 0.437. The highest BCUT2D eigenvalue weighted by molar-refractivity contribution is 5.80. The van der Waals surface area contributed by atoms with E-state index in [2.05, 4.69) is 20.4 Å². The lowest BCUT2D eigenvalue weighted by atomic mass is 9.98. The fourth-order valence-electron chi connectivity index (χ4n) is 3.92. The second kappa shape index (κ2) is 8.47. The van der Waals surface area contributed by atoms with Crippen LogP contribution in [0.4, 0.5) is 0 Å². The predicted molar refractivity (Wildman–Crippen MR) is 123 cm³/mol. The van der Waals surface area contributed by atoms with Crippen LogP contribution in [0, 0.1) is 0 Å². The lowest BCUT2D eigenvalue weighted by molar-refractivity contribution is -0.121. The van der Waals surface area contributed by atoms with Crippen LogP contribution in [0.25, 0.3) is 21.9 Å². The zero-order valence-corrected chi connectivity index (χ0v) is 17.2. The molecule has 3 aromatic carbocycles. The largest absolute Gasteiger partial charge is 0.345 e. The number of imidazole rings is 1. The van der Waals surface area contributed by atoms with Crippen LogP contribution in [0.5, 0.6) is 0 Å². The molecule has 0 aliphatic rings. The molecule has 0 radical (unpaired) electrons. The fourth-order valence-corrected chi connectivity index (χ4v) is 3.92. The second-order valence-corrected chi connectivity index (χ2v) is 7.59. The van der Waals surface area contributed by atoms with Crippen molar-refractivity contribution in [3.05, 3.63) is 107 Å². The Morgan fingerprint density at radius 1 is 1.00 bits per heavy atom. The topological polar surface area (TPSA) is 92.7 Å². The van der Waals surface area contributed by atoms with Gasteiger partial charge in [-0.15, -0.1) is 0 Å². The van der Waals surface area contributed by atoms with Gasteiger partial charge in [0, 0.05) is 11.8 Å². The molecule has 0 bridgehead atoms. The van der Waals surface area contributed by atoms with Crippen LogP contribution in [-0.4, -0.2) is 25.7 Å². The molecule has 1 unspecified atom stereocenters. The van der Waals surface area contributed by atoms with Crippen LogP contribution in [0.1, 0.15) is 23.6 Å². The normalized spacial score (nSPS) is 12.1. The van der Waals surface area contributed by atoms with Gasteiger partial charge in [-0.25, -0.2) is 4.98 Å². The molecular weight excluding hydrogens is 402 g/mol. The highest BCUT2D eigenvalue weighted by Crippen LogP contribution is 2.24. The number of hydrogen-bond donors (Lipinski definition) is 2. The number of nitrogens with one attached hydrogen (secondary N) is 2. The van der Waals surface area contributed by atoms with Gasteiger partial charge >= 0.3 is 0 Å². The highest BCUT2D eigenvalue weighted by atomic mass is 16.1. The van der Waals surface area contributed by atoms with Gasteiger partial charge in [0.25, 0.3) is 0 Å². The molecule has 1 atom stereocenters. The number of hydrogen-bond acceptors (Lipinski definition) is 4. The number of H-pyrrole nitrogens is 1. The summed E-state index contributed by atoms with van der Waals surface area (Å²) in [7, 11) is 0. The smallest absolute Gasteiger partial charge is 0.222 e. The number of fused-ring (bicyclic) bond motifs is 2. The minimum absolute atomic E-state index is 0.104. The zero-order chi connectivity index (χ0) is 21.9. The van der Waals surface area contributed by atoms with E-state index in [0.29, 0.717) is 11.9 Å². The van der Waals surface area contributed by atoms with Crippen LogP contribution < -0.4 is 10.7 Å². The molecule has 5 rings (SSSR count). The summed E-state index contributed by atoms with van der Waals surface area (Å²) >= 11 is 0. The Labute approximate surface area is 183 Å². The molecule has 0 saturated heterocycles. The Kier molecular flexibility index (Phi) is 5.21. The average molecular weight is 423 g/mol. The van der Waals surface area contributed by atoms with E-state index < -0.39 is 0 Å². The summed E-state index contributed by atoms with van der Waals surface area (Å²) in [4.78, 5) is 32.4. The van der Waals surface area contributed by atoms with Gasteiger partial charge in [-0.3, -0.25) is 14.3 Å². The van der Waals surface area contributed by atoms with Crippen molar-refractivity contribution in [3.8, 4) is 0 Å². The van der Waals surface area contributed by atoms with Gasteiger partial charge in [-0.1, -0.05) is 48.5 Å².